The summed E-state index contributed by atoms with van der Waals surface area (Å²) in [7, 11) is 0. The first-order valence-electron chi connectivity index (χ1n) is 9.61. The maximum absolute atomic E-state index is 14.0. The quantitative estimate of drug-likeness (QED) is 0.274. The lowest BCUT2D eigenvalue weighted by Gasteiger charge is -2.21. The molecule has 0 aliphatic heterocycles. The van der Waals surface area contributed by atoms with Crippen molar-refractivity contribution < 1.29 is 32.0 Å². The molecule has 0 saturated carbocycles. The van der Waals surface area contributed by atoms with Crippen LogP contribution in [-0.2, 0) is 10.9 Å². The summed E-state index contributed by atoms with van der Waals surface area (Å²) in [5, 5.41) is 11.7. The first-order chi connectivity index (χ1) is 15.3. The number of carbonyl (C=O) groups is 1. The third-order valence-electron chi connectivity index (χ3n) is 4.42. The van der Waals surface area contributed by atoms with E-state index in [1.54, 1.807) is 18.2 Å². The lowest BCUT2D eigenvalue weighted by atomic mass is 9.90. The Morgan fingerprint density at radius 3 is 2.18 bits per heavy atom. The van der Waals surface area contributed by atoms with E-state index in [9.17, 15) is 32.9 Å². The average molecular weight is 461 g/mol. The van der Waals surface area contributed by atoms with Crippen LogP contribution >= 0.6 is 0 Å². The highest BCUT2D eigenvalue weighted by Crippen LogP contribution is 2.46. The summed E-state index contributed by atoms with van der Waals surface area (Å²) in [6, 6.07) is 11.0. The molecule has 0 unspecified atom stereocenters. The van der Waals surface area contributed by atoms with E-state index in [-0.39, 0.29) is 11.1 Å². The monoisotopic (exact) mass is 461 g/mol. The van der Waals surface area contributed by atoms with E-state index in [1.807, 2.05) is 0 Å². The van der Waals surface area contributed by atoms with Gasteiger partial charge in [-0.3, -0.25) is 10.1 Å². The van der Waals surface area contributed by atoms with Gasteiger partial charge in [0.15, 0.2) is 0 Å². The summed E-state index contributed by atoms with van der Waals surface area (Å²) in [5.74, 6) is -2.10. The van der Waals surface area contributed by atoms with Gasteiger partial charge in [0.1, 0.15) is 5.60 Å². The van der Waals surface area contributed by atoms with Crippen molar-refractivity contribution in [1.29, 1.82) is 0 Å². The Morgan fingerprint density at radius 1 is 1.00 bits per heavy atom. The highest BCUT2D eigenvalue weighted by atomic mass is 19.4. The lowest BCUT2D eigenvalue weighted by Crippen LogP contribution is -2.25. The number of nitro benzene ring substituents is 1. The van der Waals surface area contributed by atoms with Crippen LogP contribution < -0.4 is 5.63 Å². The molecule has 0 fully saturated rings. The molecular weight excluding hydrogens is 443 g/mol. The molecule has 172 valence electrons. The van der Waals surface area contributed by atoms with Crippen molar-refractivity contribution >= 4 is 11.7 Å². The zero-order valence-electron chi connectivity index (χ0n) is 17.7. The number of nitrogens with zero attached hydrogens (tertiary/aromatic N) is 1. The Bertz CT molecular complexity index is 1270. The summed E-state index contributed by atoms with van der Waals surface area (Å²) < 4.78 is 52.1. The second kappa shape index (κ2) is 8.53. The van der Waals surface area contributed by atoms with Crippen molar-refractivity contribution in [3.05, 3.63) is 86.5 Å². The van der Waals surface area contributed by atoms with Crippen LogP contribution in [-0.4, -0.2) is 16.5 Å². The summed E-state index contributed by atoms with van der Waals surface area (Å²) in [6.07, 6.45) is -5.02. The number of alkyl halides is 3. The van der Waals surface area contributed by atoms with Gasteiger partial charge >= 0.3 is 17.8 Å². The van der Waals surface area contributed by atoms with Crippen LogP contribution in [0.3, 0.4) is 0 Å². The predicted octanol–water partition coefficient (Wildman–Crippen LogP) is 5.86. The number of hydrogen-bond donors (Lipinski definition) is 0. The fourth-order valence-corrected chi connectivity index (χ4v) is 3.25. The van der Waals surface area contributed by atoms with Crippen LogP contribution in [0.1, 0.15) is 36.9 Å². The Kier molecular flexibility index (Phi) is 6.13. The standard InChI is InChI=1S/C23H18F3NO6/c1-22(2,3)33-21(29)20-18(14(12-17(28)32-20)13-8-5-4-6-9-13)19-15(23(24,25)26)10-7-11-16(19)27(30)31/h4-12H,1-3H3. The zero-order valence-corrected chi connectivity index (χ0v) is 17.7. The molecule has 0 saturated heterocycles. The second-order valence-corrected chi connectivity index (χ2v) is 8.01. The zero-order chi connectivity index (χ0) is 24.6. The molecule has 2 aromatic carbocycles. The predicted molar refractivity (Wildman–Crippen MR) is 113 cm³/mol. The molecule has 0 aliphatic carbocycles. The van der Waals surface area contributed by atoms with Gasteiger partial charge < -0.3 is 9.15 Å². The van der Waals surface area contributed by atoms with E-state index in [0.717, 1.165) is 18.2 Å². The Balaban J connectivity index is 2.54. The number of hydrogen-bond acceptors (Lipinski definition) is 6. The van der Waals surface area contributed by atoms with Crippen molar-refractivity contribution in [3.63, 3.8) is 0 Å². The van der Waals surface area contributed by atoms with Gasteiger partial charge in [0, 0.05) is 23.3 Å². The second-order valence-electron chi connectivity index (χ2n) is 8.01. The number of esters is 1. The molecule has 33 heavy (non-hydrogen) atoms. The van der Waals surface area contributed by atoms with E-state index >= 15 is 0 Å². The van der Waals surface area contributed by atoms with Crippen LogP contribution in [0, 0.1) is 10.1 Å². The van der Waals surface area contributed by atoms with Crippen LogP contribution in [0.25, 0.3) is 22.3 Å². The van der Waals surface area contributed by atoms with Crippen LogP contribution in [0.4, 0.5) is 18.9 Å². The van der Waals surface area contributed by atoms with Gasteiger partial charge in [0.05, 0.1) is 16.1 Å². The minimum Gasteiger partial charge on any atom is -0.454 e. The molecule has 0 radical (unpaired) electrons. The van der Waals surface area contributed by atoms with Crippen molar-refractivity contribution in [2.24, 2.45) is 0 Å². The largest absolute Gasteiger partial charge is 0.454 e. The summed E-state index contributed by atoms with van der Waals surface area (Å²) in [6.45, 7) is 4.53. The smallest absolute Gasteiger partial charge is 0.417 e. The Hall–Kier alpha value is -3.95. The molecule has 1 heterocycles. The van der Waals surface area contributed by atoms with E-state index < -0.39 is 56.4 Å². The Morgan fingerprint density at radius 2 is 1.64 bits per heavy atom. The Labute approximate surface area is 185 Å². The van der Waals surface area contributed by atoms with Crippen LogP contribution in [0.2, 0.25) is 0 Å². The third kappa shape index (κ3) is 5.11. The van der Waals surface area contributed by atoms with E-state index in [1.165, 1.54) is 32.9 Å². The van der Waals surface area contributed by atoms with Gasteiger partial charge in [-0.05, 0) is 32.4 Å². The van der Waals surface area contributed by atoms with E-state index in [4.69, 9.17) is 9.15 Å². The molecule has 0 aliphatic rings. The summed E-state index contributed by atoms with van der Waals surface area (Å²) >= 11 is 0. The number of carbonyl (C=O) groups excluding carboxylic acids is 1. The number of benzene rings is 2. The molecule has 0 bridgehead atoms. The third-order valence-corrected chi connectivity index (χ3v) is 4.42. The molecule has 3 aromatic rings. The highest BCUT2D eigenvalue weighted by Gasteiger charge is 2.40. The number of halogens is 3. The van der Waals surface area contributed by atoms with Crippen molar-refractivity contribution in [2.75, 3.05) is 0 Å². The molecule has 0 atom stereocenters. The van der Waals surface area contributed by atoms with Crippen LogP contribution in [0.5, 0.6) is 0 Å². The molecular formula is C23H18F3NO6. The molecule has 0 amide bonds. The lowest BCUT2D eigenvalue weighted by molar-refractivity contribution is -0.384. The van der Waals surface area contributed by atoms with Crippen molar-refractivity contribution in [2.45, 2.75) is 32.5 Å². The fraction of sp³-hybridized carbons (Fsp3) is 0.217. The maximum atomic E-state index is 14.0. The number of rotatable bonds is 4. The minimum absolute atomic E-state index is 0.146. The van der Waals surface area contributed by atoms with Crippen molar-refractivity contribution in [1.82, 2.24) is 0 Å². The minimum atomic E-state index is -5.02. The number of ether oxygens (including phenoxy) is 1. The first kappa shape index (κ1) is 23.7. The van der Waals surface area contributed by atoms with Gasteiger partial charge in [-0.15, -0.1) is 0 Å². The van der Waals surface area contributed by atoms with Gasteiger partial charge in [-0.25, -0.2) is 9.59 Å². The fourth-order valence-electron chi connectivity index (χ4n) is 3.25. The van der Waals surface area contributed by atoms with Crippen molar-refractivity contribution in [3.8, 4) is 22.3 Å². The average Bonchev–Trinajstić information content (AvgIpc) is 2.71. The van der Waals surface area contributed by atoms with Gasteiger partial charge in [-0.2, -0.15) is 13.2 Å². The molecule has 0 N–H and O–H groups in total. The number of nitro groups is 1. The molecule has 10 heteroatoms. The molecule has 7 nitrogen and oxygen atoms in total. The first-order valence-corrected chi connectivity index (χ1v) is 9.61. The normalized spacial score (nSPS) is 11.8. The van der Waals surface area contributed by atoms with Gasteiger partial charge in [-0.1, -0.05) is 36.4 Å². The topological polar surface area (TPSA) is 99.7 Å². The maximum Gasteiger partial charge on any atom is 0.417 e. The van der Waals surface area contributed by atoms with Gasteiger partial charge in [0.2, 0.25) is 5.76 Å². The van der Waals surface area contributed by atoms with Crippen LogP contribution in [0.15, 0.2) is 63.8 Å². The van der Waals surface area contributed by atoms with Gasteiger partial charge in [0.25, 0.3) is 5.69 Å². The molecule has 3 rings (SSSR count). The molecule has 0 spiro atoms. The summed E-state index contributed by atoms with van der Waals surface area (Å²) in [4.78, 5) is 36.0. The summed E-state index contributed by atoms with van der Waals surface area (Å²) in [5.41, 5.74) is -5.78. The van der Waals surface area contributed by atoms with E-state index in [2.05, 4.69) is 0 Å². The molecule has 1 aromatic heterocycles. The van der Waals surface area contributed by atoms with E-state index in [0.29, 0.717) is 6.07 Å². The highest BCUT2D eigenvalue weighted by molar-refractivity contribution is 6.02. The SMILES string of the molecule is CC(C)(C)OC(=O)c1oc(=O)cc(-c2ccccc2)c1-c1c([N+](=O)[O-])cccc1C(F)(F)F.